The predicted molar refractivity (Wildman–Crippen MR) is 84.0 cm³/mol. The van der Waals surface area contributed by atoms with E-state index in [0.29, 0.717) is 5.25 Å². The third kappa shape index (κ3) is 3.93. The Kier molecular flexibility index (Phi) is 5.79. The normalized spacial score (nSPS) is 25.9. The number of ether oxygens (including phenoxy) is 1. The number of methoxy groups -OCH3 is 1. The molecule has 1 saturated carbocycles. The van der Waals surface area contributed by atoms with Crippen molar-refractivity contribution in [2.75, 3.05) is 7.11 Å². The van der Waals surface area contributed by atoms with Gasteiger partial charge in [-0.15, -0.1) is 11.8 Å². The van der Waals surface area contributed by atoms with E-state index in [1.807, 2.05) is 23.9 Å². The van der Waals surface area contributed by atoms with Crippen molar-refractivity contribution < 1.29 is 4.74 Å². The van der Waals surface area contributed by atoms with Crippen LogP contribution in [-0.2, 0) is 0 Å². The Bertz CT molecular complexity index is 451. The van der Waals surface area contributed by atoms with Crippen LogP contribution in [-0.4, -0.2) is 12.4 Å². The van der Waals surface area contributed by atoms with Gasteiger partial charge in [0.1, 0.15) is 5.75 Å². The molecule has 2 nitrogen and oxygen atoms in total. The predicted octanol–water partition coefficient (Wildman–Crippen LogP) is 4.90. The summed E-state index contributed by atoms with van der Waals surface area (Å²) in [4.78, 5) is 1.24. The largest absolute Gasteiger partial charge is 0.497 e. The van der Waals surface area contributed by atoms with Gasteiger partial charge in [0.15, 0.2) is 0 Å². The molecule has 3 heteroatoms. The lowest BCUT2D eigenvalue weighted by Crippen LogP contribution is -2.26. The van der Waals surface area contributed by atoms with Gasteiger partial charge in [0.25, 0.3) is 0 Å². The Morgan fingerprint density at radius 1 is 1.30 bits per heavy atom. The summed E-state index contributed by atoms with van der Waals surface area (Å²) in [7, 11) is 1.68. The molecule has 3 atom stereocenters. The summed E-state index contributed by atoms with van der Waals surface area (Å²) in [6, 6.07) is 10.7. The van der Waals surface area contributed by atoms with Gasteiger partial charge in [-0.25, -0.2) is 0 Å². The van der Waals surface area contributed by atoms with Crippen LogP contribution in [0.1, 0.15) is 39.0 Å². The highest BCUT2D eigenvalue weighted by atomic mass is 32.2. The Morgan fingerprint density at radius 2 is 2.05 bits per heavy atom. The number of nitrogens with zero attached hydrogens (tertiary/aromatic N) is 1. The van der Waals surface area contributed by atoms with Crippen molar-refractivity contribution in [3.63, 3.8) is 0 Å². The van der Waals surface area contributed by atoms with E-state index in [2.05, 4.69) is 25.1 Å². The lowest BCUT2D eigenvalue weighted by molar-refractivity contribution is 0.307. The molecule has 0 radical (unpaired) electrons. The van der Waals surface area contributed by atoms with Crippen LogP contribution < -0.4 is 4.74 Å². The first-order valence-corrected chi connectivity index (χ1v) is 8.35. The first kappa shape index (κ1) is 15.3. The zero-order chi connectivity index (χ0) is 14.4. The monoisotopic (exact) mass is 289 g/mol. The van der Waals surface area contributed by atoms with Gasteiger partial charge in [0, 0.05) is 10.1 Å². The smallest absolute Gasteiger partial charge is 0.118 e. The zero-order valence-electron chi connectivity index (χ0n) is 12.3. The highest BCUT2D eigenvalue weighted by Gasteiger charge is 2.30. The molecule has 0 amide bonds. The maximum atomic E-state index is 9.35. The second-order valence-electron chi connectivity index (χ2n) is 5.54. The minimum Gasteiger partial charge on any atom is -0.497 e. The molecule has 2 rings (SSSR count). The van der Waals surface area contributed by atoms with Gasteiger partial charge >= 0.3 is 0 Å². The SMILES string of the molecule is CCCC1CCC(C#N)C(Sc2ccc(OC)cc2)C1. The van der Waals surface area contributed by atoms with Gasteiger partial charge in [-0.1, -0.05) is 19.8 Å². The van der Waals surface area contributed by atoms with Gasteiger partial charge in [-0.2, -0.15) is 5.26 Å². The summed E-state index contributed by atoms with van der Waals surface area (Å²) >= 11 is 1.87. The molecule has 108 valence electrons. The molecule has 0 heterocycles. The molecular formula is C17H23NOS. The third-order valence-corrected chi connectivity index (χ3v) is 5.48. The lowest BCUT2D eigenvalue weighted by Gasteiger charge is -2.32. The maximum Gasteiger partial charge on any atom is 0.118 e. The van der Waals surface area contributed by atoms with E-state index >= 15 is 0 Å². The zero-order valence-corrected chi connectivity index (χ0v) is 13.2. The molecule has 1 aliphatic carbocycles. The molecule has 1 aromatic carbocycles. The molecule has 0 bridgehead atoms. The van der Waals surface area contributed by atoms with E-state index in [0.717, 1.165) is 18.1 Å². The van der Waals surface area contributed by atoms with E-state index in [1.165, 1.54) is 30.6 Å². The van der Waals surface area contributed by atoms with Gasteiger partial charge in [-0.3, -0.25) is 0 Å². The fourth-order valence-electron chi connectivity index (χ4n) is 2.99. The molecule has 1 aliphatic rings. The van der Waals surface area contributed by atoms with Crippen LogP contribution in [0.2, 0.25) is 0 Å². The van der Waals surface area contributed by atoms with Crippen molar-refractivity contribution in [3.8, 4) is 11.8 Å². The second kappa shape index (κ2) is 7.59. The van der Waals surface area contributed by atoms with Crippen LogP contribution in [0.4, 0.5) is 0 Å². The molecule has 0 saturated heterocycles. The van der Waals surface area contributed by atoms with Crippen molar-refractivity contribution in [2.45, 2.75) is 49.2 Å². The molecular weight excluding hydrogens is 266 g/mol. The first-order valence-electron chi connectivity index (χ1n) is 7.47. The molecule has 1 fully saturated rings. The van der Waals surface area contributed by atoms with E-state index in [9.17, 15) is 5.26 Å². The van der Waals surface area contributed by atoms with Crippen LogP contribution in [0.25, 0.3) is 0 Å². The van der Waals surface area contributed by atoms with Crippen LogP contribution in [0.5, 0.6) is 5.75 Å². The van der Waals surface area contributed by atoms with Crippen molar-refractivity contribution in [1.82, 2.24) is 0 Å². The minimum atomic E-state index is 0.204. The molecule has 0 aliphatic heterocycles. The molecule has 20 heavy (non-hydrogen) atoms. The first-order chi connectivity index (χ1) is 9.76. The topological polar surface area (TPSA) is 33.0 Å². The molecule has 1 aromatic rings. The van der Waals surface area contributed by atoms with E-state index in [-0.39, 0.29) is 5.92 Å². The number of hydrogen-bond acceptors (Lipinski definition) is 3. The van der Waals surface area contributed by atoms with Gasteiger partial charge < -0.3 is 4.74 Å². The maximum absolute atomic E-state index is 9.35. The van der Waals surface area contributed by atoms with Crippen LogP contribution in [0.15, 0.2) is 29.2 Å². The van der Waals surface area contributed by atoms with Gasteiger partial charge in [0.05, 0.1) is 19.1 Å². The average Bonchev–Trinajstić information content (AvgIpc) is 2.49. The van der Waals surface area contributed by atoms with Crippen LogP contribution in [0.3, 0.4) is 0 Å². The quantitative estimate of drug-likeness (QED) is 0.773. The Labute approximate surface area is 126 Å². The average molecular weight is 289 g/mol. The molecule has 0 N–H and O–H groups in total. The summed E-state index contributed by atoms with van der Waals surface area (Å²) in [5, 5.41) is 9.80. The minimum absolute atomic E-state index is 0.204. The van der Waals surface area contributed by atoms with E-state index < -0.39 is 0 Å². The Morgan fingerprint density at radius 3 is 2.65 bits per heavy atom. The Balaban J connectivity index is 2.01. The van der Waals surface area contributed by atoms with Gasteiger partial charge in [0.2, 0.25) is 0 Å². The van der Waals surface area contributed by atoms with Crippen LogP contribution in [0, 0.1) is 23.2 Å². The highest BCUT2D eigenvalue weighted by Crippen LogP contribution is 2.41. The standard InChI is InChI=1S/C17H23NOS/c1-3-4-13-5-6-14(12-18)17(11-13)20-16-9-7-15(19-2)8-10-16/h7-10,13-14,17H,3-6,11H2,1-2H3. The fourth-order valence-corrected chi connectivity index (χ4v) is 4.36. The Hall–Kier alpha value is -1.14. The highest BCUT2D eigenvalue weighted by molar-refractivity contribution is 8.00. The summed E-state index contributed by atoms with van der Waals surface area (Å²) in [5.74, 6) is 1.90. The van der Waals surface area contributed by atoms with E-state index in [4.69, 9.17) is 4.74 Å². The number of thioether (sulfide) groups is 1. The number of hydrogen-bond donors (Lipinski definition) is 0. The lowest BCUT2D eigenvalue weighted by atomic mass is 9.80. The van der Waals surface area contributed by atoms with Crippen LogP contribution >= 0.6 is 11.8 Å². The summed E-state index contributed by atoms with van der Waals surface area (Å²) in [5.41, 5.74) is 0. The number of nitriles is 1. The summed E-state index contributed by atoms with van der Waals surface area (Å²) < 4.78 is 5.19. The van der Waals surface area contributed by atoms with Crippen molar-refractivity contribution in [2.24, 2.45) is 11.8 Å². The van der Waals surface area contributed by atoms with E-state index in [1.54, 1.807) is 7.11 Å². The van der Waals surface area contributed by atoms with Crippen molar-refractivity contribution >= 4 is 11.8 Å². The molecule has 0 spiro atoms. The van der Waals surface area contributed by atoms with Crippen molar-refractivity contribution in [3.05, 3.63) is 24.3 Å². The summed E-state index contributed by atoms with van der Waals surface area (Å²) in [6.07, 6.45) is 6.03. The second-order valence-corrected chi connectivity index (χ2v) is 6.85. The molecule has 0 aromatic heterocycles. The van der Waals surface area contributed by atoms with Gasteiger partial charge in [-0.05, 0) is 49.4 Å². The molecule has 3 unspecified atom stereocenters. The third-order valence-electron chi connectivity index (χ3n) is 4.11. The number of benzene rings is 1. The number of rotatable bonds is 5. The fraction of sp³-hybridized carbons (Fsp3) is 0.588. The summed E-state index contributed by atoms with van der Waals surface area (Å²) in [6.45, 7) is 2.25. The van der Waals surface area contributed by atoms with Crippen molar-refractivity contribution in [1.29, 1.82) is 5.26 Å².